The Bertz CT molecular complexity index is 605. The SMILES string of the molecule is CC(CC=Cc1ccccc1)C(OC1CCCCO1)=S(=O)=O. The maximum atomic E-state index is 11.4. The zero-order valence-corrected chi connectivity index (χ0v) is 13.6. The standard InChI is InChI=1S/C17H22O4S/c1-14(8-7-11-15-9-3-2-4-10-15)17(22(18)19)21-16-12-5-6-13-20-16/h2-4,7,9-11,14,16H,5-6,8,12-13H2,1H3. The summed E-state index contributed by atoms with van der Waals surface area (Å²) in [5.74, 6) is -0.205. The monoisotopic (exact) mass is 322 g/mol. The van der Waals surface area contributed by atoms with Gasteiger partial charge in [-0.15, -0.1) is 0 Å². The van der Waals surface area contributed by atoms with Crippen LogP contribution in [0.3, 0.4) is 0 Å². The Morgan fingerprint density at radius 2 is 2.14 bits per heavy atom. The lowest BCUT2D eigenvalue weighted by atomic mass is 10.1. The molecule has 2 atom stereocenters. The van der Waals surface area contributed by atoms with Crippen molar-refractivity contribution in [2.24, 2.45) is 5.92 Å². The summed E-state index contributed by atoms with van der Waals surface area (Å²) < 4.78 is 33.8. The van der Waals surface area contributed by atoms with E-state index in [0.29, 0.717) is 13.0 Å². The van der Waals surface area contributed by atoms with E-state index in [9.17, 15) is 8.42 Å². The van der Waals surface area contributed by atoms with Crippen LogP contribution >= 0.6 is 0 Å². The third kappa shape index (κ3) is 5.40. The Labute approximate surface area is 133 Å². The van der Waals surface area contributed by atoms with Gasteiger partial charge in [0.2, 0.25) is 10.3 Å². The summed E-state index contributed by atoms with van der Waals surface area (Å²) in [7, 11) is -2.35. The van der Waals surface area contributed by atoms with E-state index in [4.69, 9.17) is 9.47 Å². The highest BCUT2D eigenvalue weighted by molar-refractivity contribution is 7.72. The van der Waals surface area contributed by atoms with Gasteiger partial charge in [-0.05, 0) is 31.2 Å². The highest BCUT2D eigenvalue weighted by Gasteiger charge is 2.21. The highest BCUT2D eigenvalue weighted by atomic mass is 32.2. The van der Waals surface area contributed by atoms with Crippen LogP contribution < -0.4 is 0 Å². The van der Waals surface area contributed by atoms with Crippen LogP contribution in [0.1, 0.15) is 38.2 Å². The fraction of sp³-hybridized carbons (Fsp3) is 0.471. The quantitative estimate of drug-likeness (QED) is 0.781. The first-order valence-electron chi connectivity index (χ1n) is 7.63. The van der Waals surface area contributed by atoms with Crippen LogP contribution in [0.2, 0.25) is 0 Å². The normalized spacial score (nSPS) is 20.0. The number of benzene rings is 1. The van der Waals surface area contributed by atoms with E-state index in [1.54, 1.807) is 0 Å². The summed E-state index contributed by atoms with van der Waals surface area (Å²) in [6.45, 7) is 2.48. The molecule has 0 bridgehead atoms. The van der Waals surface area contributed by atoms with Gasteiger partial charge in [-0.1, -0.05) is 49.4 Å². The first kappa shape index (κ1) is 16.9. The molecule has 1 saturated heterocycles. The van der Waals surface area contributed by atoms with E-state index < -0.39 is 16.6 Å². The molecule has 1 heterocycles. The van der Waals surface area contributed by atoms with Gasteiger partial charge in [0.1, 0.15) is 0 Å². The summed E-state index contributed by atoms with van der Waals surface area (Å²) in [5, 5.41) is 0.0876. The molecule has 5 heteroatoms. The van der Waals surface area contributed by atoms with Gasteiger partial charge >= 0.3 is 0 Å². The average molecular weight is 322 g/mol. The van der Waals surface area contributed by atoms with Crippen molar-refractivity contribution in [2.75, 3.05) is 6.61 Å². The van der Waals surface area contributed by atoms with Crippen molar-refractivity contribution in [1.82, 2.24) is 0 Å². The number of rotatable bonds is 5. The van der Waals surface area contributed by atoms with Gasteiger partial charge in [0, 0.05) is 12.5 Å². The Balaban J connectivity index is 1.94. The van der Waals surface area contributed by atoms with Crippen LogP contribution in [-0.4, -0.2) is 26.4 Å². The smallest absolute Gasteiger partial charge is 0.241 e. The maximum absolute atomic E-state index is 11.4. The fourth-order valence-corrected chi connectivity index (χ4v) is 2.93. The molecule has 0 saturated carbocycles. The number of allylic oxidation sites excluding steroid dienone is 1. The first-order valence-corrected chi connectivity index (χ1v) is 8.70. The Hall–Kier alpha value is -1.43. The molecule has 2 rings (SSSR count). The molecule has 4 nitrogen and oxygen atoms in total. The van der Waals surface area contributed by atoms with Gasteiger partial charge in [-0.3, -0.25) is 0 Å². The molecule has 120 valence electrons. The number of hydrogen-bond acceptors (Lipinski definition) is 4. The minimum absolute atomic E-state index is 0.0876. The predicted molar refractivity (Wildman–Crippen MR) is 87.9 cm³/mol. The Morgan fingerprint density at radius 1 is 1.36 bits per heavy atom. The first-order chi connectivity index (χ1) is 10.7. The van der Waals surface area contributed by atoms with Gasteiger partial charge in [-0.25, -0.2) is 0 Å². The van der Waals surface area contributed by atoms with Gasteiger partial charge in [0.25, 0.3) is 0 Å². The predicted octanol–water partition coefficient (Wildman–Crippen LogP) is 3.28. The number of hydrogen-bond donors (Lipinski definition) is 0. The van der Waals surface area contributed by atoms with Gasteiger partial charge in [0.05, 0.1) is 0 Å². The molecule has 1 aromatic carbocycles. The largest absolute Gasteiger partial charge is 0.352 e. The van der Waals surface area contributed by atoms with Crippen molar-refractivity contribution in [3.05, 3.63) is 42.0 Å². The zero-order chi connectivity index (χ0) is 15.8. The molecule has 0 aliphatic carbocycles. The minimum Gasteiger partial charge on any atom is -0.352 e. The van der Waals surface area contributed by atoms with E-state index >= 15 is 0 Å². The minimum atomic E-state index is -2.35. The van der Waals surface area contributed by atoms with Crippen molar-refractivity contribution in [2.45, 2.75) is 38.9 Å². The molecular weight excluding hydrogens is 300 g/mol. The molecule has 2 unspecified atom stereocenters. The molecule has 0 radical (unpaired) electrons. The molecule has 0 amide bonds. The van der Waals surface area contributed by atoms with E-state index in [2.05, 4.69) is 0 Å². The molecule has 22 heavy (non-hydrogen) atoms. The third-order valence-corrected chi connectivity index (χ3v) is 4.38. The van der Waals surface area contributed by atoms with E-state index in [0.717, 1.165) is 24.8 Å². The van der Waals surface area contributed by atoms with Crippen molar-refractivity contribution >= 4 is 21.4 Å². The Morgan fingerprint density at radius 3 is 2.77 bits per heavy atom. The molecule has 1 fully saturated rings. The van der Waals surface area contributed by atoms with Crippen LogP contribution in [-0.2, 0) is 19.8 Å². The molecule has 1 aromatic rings. The average Bonchev–Trinajstić information content (AvgIpc) is 2.54. The van der Waals surface area contributed by atoms with Gasteiger partial charge in [-0.2, -0.15) is 8.42 Å². The van der Waals surface area contributed by atoms with Crippen molar-refractivity contribution in [3.63, 3.8) is 0 Å². The van der Waals surface area contributed by atoms with Crippen LogP contribution in [0.15, 0.2) is 36.4 Å². The molecule has 0 N–H and O–H groups in total. The highest BCUT2D eigenvalue weighted by Crippen LogP contribution is 2.17. The second-order valence-corrected chi connectivity index (χ2v) is 6.29. The molecule has 0 spiro atoms. The van der Waals surface area contributed by atoms with Crippen molar-refractivity contribution in [3.8, 4) is 0 Å². The summed E-state index contributed by atoms with van der Waals surface area (Å²) >= 11 is 0. The topological polar surface area (TPSA) is 52.6 Å². The number of ether oxygens (including phenoxy) is 2. The lowest BCUT2D eigenvalue weighted by Gasteiger charge is -2.23. The van der Waals surface area contributed by atoms with Crippen LogP contribution in [0.4, 0.5) is 0 Å². The summed E-state index contributed by atoms with van der Waals surface area (Å²) in [6, 6.07) is 9.91. The molecule has 1 aliphatic rings. The molecule has 0 aromatic heterocycles. The summed E-state index contributed by atoms with van der Waals surface area (Å²) in [5.41, 5.74) is 1.09. The lowest BCUT2D eigenvalue weighted by molar-refractivity contribution is -0.114. The van der Waals surface area contributed by atoms with Gasteiger partial charge < -0.3 is 9.47 Å². The summed E-state index contributed by atoms with van der Waals surface area (Å²) in [4.78, 5) is 0. The van der Waals surface area contributed by atoms with Crippen molar-refractivity contribution in [1.29, 1.82) is 0 Å². The van der Waals surface area contributed by atoms with E-state index in [1.165, 1.54) is 0 Å². The van der Waals surface area contributed by atoms with Crippen molar-refractivity contribution < 1.29 is 17.9 Å². The van der Waals surface area contributed by atoms with Crippen LogP contribution in [0.5, 0.6) is 0 Å². The van der Waals surface area contributed by atoms with Crippen LogP contribution in [0.25, 0.3) is 6.08 Å². The fourth-order valence-electron chi connectivity index (χ4n) is 2.32. The second kappa shape index (κ2) is 8.88. The maximum Gasteiger partial charge on any atom is 0.241 e. The molecular formula is C17H22O4S. The molecule has 1 aliphatic heterocycles. The lowest BCUT2D eigenvalue weighted by Crippen LogP contribution is -2.28. The van der Waals surface area contributed by atoms with E-state index in [1.807, 2.05) is 49.4 Å². The second-order valence-electron chi connectivity index (χ2n) is 5.42. The van der Waals surface area contributed by atoms with Crippen LogP contribution in [0, 0.1) is 5.92 Å². The van der Waals surface area contributed by atoms with Gasteiger partial charge in [0.15, 0.2) is 11.3 Å². The third-order valence-electron chi connectivity index (χ3n) is 3.55. The van der Waals surface area contributed by atoms with E-state index in [-0.39, 0.29) is 11.0 Å². The Kier molecular flexibility index (Phi) is 6.83. The zero-order valence-electron chi connectivity index (χ0n) is 12.8. The summed E-state index contributed by atoms with van der Waals surface area (Å²) in [6.07, 6.45) is 6.88.